The first kappa shape index (κ1) is 19.5. The summed E-state index contributed by atoms with van der Waals surface area (Å²) < 4.78 is 7.22. The Morgan fingerprint density at radius 3 is 2.61 bits per heavy atom. The van der Waals surface area contributed by atoms with E-state index >= 15 is 0 Å². The minimum atomic E-state index is 0.122. The van der Waals surface area contributed by atoms with Crippen molar-refractivity contribution in [3.8, 4) is 17.2 Å². The summed E-state index contributed by atoms with van der Waals surface area (Å²) in [5.74, 6) is 0.569. The van der Waals surface area contributed by atoms with Gasteiger partial charge in [-0.2, -0.15) is 0 Å². The number of rotatable bonds is 3. The molecule has 4 rings (SSSR count). The Bertz CT molecular complexity index is 1240. The first-order chi connectivity index (χ1) is 13.4. The van der Waals surface area contributed by atoms with Crippen LogP contribution in [0.25, 0.3) is 22.6 Å². The molecule has 1 N–H and O–H groups in total. The van der Waals surface area contributed by atoms with Crippen molar-refractivity contribution in [1.82, 2.24) is 4.98 Å². The number of aromatic nitrogens is 1. The number of aromatic hydroxyl groups is 1. The number of fused-ring (bicyclic) bond motifs is 1. The molecular formula is C20H10Br2Cl2N2O2. The minimum absolute atomic E-state index is 0.122. The van der Waals surface area contributed by atoms with Crippen molar-refractivity contribution in [2.45, 2.75) is 0 Å². The number of phenolic OH excluding ortho intramolecular Hbond substituents is 1. The predicted molar refractivity (Wildman–Crippen MR) is 120 cm³/mol. The van der Waals surface area contributed by atoms with Gasteiger partial charge in [-0.15, -0.1) is 0 Å². The van der Waals surface area contributed by atoms with Crippen LogP contribution in [0.15, 0.2) is 66.9 Å². The van der Waals surface area contributed by atoms with Crippen LogP contribution in [0.2, 0.25) is 10.0 Å². The zero-order chi connectivity index (χ0) is 19.8. The van der Waals surface area contributed by atoms with Gasteiger partial charge in [-0.05, 0) is 64.5 Å². The Morgan fingerprint density at radius 1 is 1.00 bits per heavy atom. The number of benzene rings is 3. The SMILES string of the molecule is Oc1c(Br)cc(Br)cc1C=Nc1ccc2oc(-c3ccc(Cl)c(Cl)c3)nc2c1. The van der Waals surface area contributed by atoms with Gasteiger partial charge in [-0.1, -0.05) is 39.1 Å². The Hall–Kier alpha value is -1.86. The normalized spacial score (nSPS) is 11.6. The molecule has 0 radical (unpaired) electrons. The van der Waals surface area contributed by atoms with E-state index in [-0.39, 0.29) is 5.75 Å². The van der Waals surface area contributed by atoms with Crippen LogP contribution in [0.4, 0.5) is 5.69 Å². The molecule has 0 atom stereocenters. The molecule has 3 aromatic carbocycles. The van der Waals surface area contributed by atoms with Crippen molar-refractivity contribution >= 4 is 78.1 Å². The van der Waals surface area contributed by atoms with Gasteiger partial charge in [-0.25, -0.2) is 4.98 Å². The smallest absolute Gasteiger partial charge is 0.227 e. The molecule has 0 fully saturated rings. The minimum Gasteiger partial charge on any atom is -0.506 e. The van der Waals surface area contributed by atoms with E-state index in [4.69, 9.17) is 27.6 Å². The number of nitrogens with zero attached hydrogens (tertiary/aromatic N) is 2. The third-order valence-corrected chi connectivity index (χ3v) is 5.75. The Labute approximate surface area is 187 Å². The summed E-state index contributed by atoms with van der Waals surface area (Å²) >= 11 is 18.7. The summed E-state index contributed by atoms with van der Waals surface area (Å²) in [4.78, 5) is 8.94. The second-order valence-electron chi connectivity index (χ2n) is 5.88. The van der Waals surface area contributed by atoms with Crippen LogP contribution in [0.1, 0.15) is 5.56 Å². The maximum atomic E-state index is 10.1. The van der Waals surface area contributed by atoms with Crippen LogP contribution in [-0.2, 0) is 0 Å². The molecule has 0 spiro atoms. The van der Waals surface area contributed by atoms with Crippen LogP contribution in [0.3, 0.4) is 0 Å². The summed E-state index contributed by atoms with van der Waals surface area (Å²) in [5.41, 5.74) is 3.29. The first-order valence-corrected chi connectivity index (χ1v) is 10.3. The molecule has 4 aromatic rings. The van der Waals surface area contributed by atoms with E-state index in [0.29, 0.717) is 42.8 Å². The molecule has 1 heterocycles. The van der Waals surface area contributed by atoms with Crippen LogP contribution >= 0.6 is 55.1 Å². The molecule has 0 aliphatic carbocycles. The summed E-state index contributed by atoms with van der Waals surface area (Å²) in [6.45, 7) is 0. The molecule has 0 bridgehead atoms. The summed E-state index contributed by atoms with van der Waals surface area (Å²) in [7, 11) is 0. The van der Waals surface area contributed by atoms with Crippen LogP contribution in [-0.4, -0.2) is 16.3 Å². The molecule has 8 heteroatoms. The molecule has 0 aliphatic heterocycles. The van der Waals surface area contributed by atoms with Crippen LogP contribution in [0, 0.1) is 0 Å². The van der Waals surface area contributed by atoms with Crippen molar-refractivity contribution in [3.63, 3.8) is 0 Å². The summed E-state index contributed by atoms with van der Waals surface area (Å²) in [6, 6.07) is 14.2. The molecule has 0 amide bonds. The average molecular weight is 541 g/mol. The topological polar surface area (TPSA) is 58.6 Å². The highest BCUT2D eigenvalue weighted by molar-refractivity contribution is 9.11. The fourth-order valence-corrected chi connectivity index (χ4v) is 4.13. The number of halogens is 4. The third kappa shape index (κ3) is 3.96. The van der Waals surface area contributed by atoms with Gasteiger partial charge in [-0.3, -0.25) is 4.99 Å². The molecule has 0 saturated heterocycles. The van der Waals surface area contributed by atoms with Gasteiger partial charge >= 0.3 is 0 Å². The van der Waals surface area contributed by atoms with E-state index in [9.17, 15) is 5.11 Å². The van der Waals surface area contributed by atoms with E-state index in [1.165, 1.54) is 0 Å². The lowest BCUT2D eigenvalue weighted by Crippen LogP contribution is -1.84. The molecule has 0 unspecified atom stereocenters. The van der Waals surface area contributed by atoms with Crippen molar-refractivity contribution in [1.29, 1.82) is 0 Å². The van der Waals surface area contributed by atoms with Crippen molar-refractivity contribution in [2.75, 3.05) is 0 Å². The maximum absolute atomic E-state index is 10.1. The van der Waals surface area contributed by atoms with E-state index in [1.807, 2.05) is 6.07 Å². The molecular weight excluding hydrogens is 531 g/mol. The fourth-order valence-electron chi connectivity index (χ4n) is 2.58. The van der Waals surface area contributed by atoms with Gasteiger partial charge in [0, 0.05) is 21.8 Å². The second kappa shape index (κ2) is 7.87. The number of phenols is 1. The monoisotopic (exact) mass is 538 g/mol. The molecule has 0 aliphatic rings. The lowest BCUT2D eigenvalue weighted by molar-refractivity contribution is 0.471. The summed E-state index contributed by atoms with van der Waals surface area (Å²) in [5, 5.41) is 11.0. The van der Waals surface area contributed by atoms with Gasteiger partial charge in [0.25, 0.3) is 0 Å². The van der Waals surface area contributed by atoms with E-state index in [1.54, 1.807) is 48.7 Å². The Balaban J connectivity index is 1.68. The molecule has 1 aromatic heterocycles. The second-order valence-corrected chi connectivity index (χ2v) is 8.47. The highest BCUT2D eigenvalue weighted by atomic mass is 79.9. The molecule has 28 heavy (non-hydrogen) atoms. The number of hydrogen-bond donors (Lipinski definition) is 1. The Kier molecular flexibility index (Phi) is 5.47. The molecule has 0 saturated carbocycles. The Morgan fingerprint density at radius 2 is 1.82 bits per heavy atom. The van der Waals surface area contributed by atoms with Gasteiger partial charge in [0.2, 0.25) is 5.89 Å². The quantitative estimate of drug-likeness (QED) is 0.270. The number of aliphatic imine (C=N–C) groups is 1. The average Bonchev–Trinajstić information content (AvgIpc) is 3.09. The highest BCUT2D eigenvalue weighted by Crippen LogP contribution is 2.33. The maximum Gasteiger partial charge on any atom is 0.227 e. The predicted octanol–water partition coefficient (Wildman–Crippen LogP) is 7.78. The zero-order valence-electron chi connectivity index (χ0n) is 14.0. The van der Waals surface area contributed by atoms with Crippen LogP contribution < -0.4 is 0 Å². The summed E-state index contributed by atoms with van der Waals surface area (Å²) in [6.07, 6.45) is 1.59. The van der Waals surface area contributed by atoms with Gasteiger partial charge in [0.05, 0.1) is 20.2 Å². The van der Waals surface area contributed by atoms with Crippen molar-refractivity contribution in [3.05, 3.63) is 73.1 Å². The van der Waals surface area contributed by atoms with Crippen molar-refractivity contribution in [2.24, 2.45) is 4.99 Å². The van der Waals surface area contributed by atoms with E-state index in [2.05, 4.69) is 41.8 Å². The lowest BCUT2D eigenvalue weighted by Gasteiger charge is -2.02. The van der Waals surface area contributed by atoms with Gasteiger partial charge in [0.15, 0.2) is 5.58 Å². The number of oxazole rings is 1. The van der Waals surface area contributed by atoms with E-state index in [0.717, 1.165) is 10.0 Å². The van der Waals surface area contributed by atoms with E-state index < -0.39 is 0 Å². The van der Waals surface area contributed by atoms with Gasteiger partial charge in [0.1, 0.15) is 11.3 Å². The highest BCUT2D eigenvalue weighted by Gasteiger charge is 2.11. The van der Waals surface area contributed by atoms with Crippen molar-refractivity contribution < 1.29 is 9.52 Å². The fraction of sp³-hybridized carbons (Fsp3) is 0. The largest absolute Gasteiger partial charge is 0.506 e. The zero-order valence-corrected chi connectivity index (χ0v) is 18.6. The lowest BCUT2D eigenvalue weighted by atomic mass is 10.2. The van der Waals surface area contributed by atoms with Crippen LogP contribution in [0.5, 0.6) is 5.75 Å². The first-order valence-electron chi connectivity index (χ1n) is 7.99. The van der Waals surface area contributed by atoms with Gasteiger partial charge < -0.3 is 9.52 Å². The number of hydrogen-bond acceptors (Lipinski definition) is 4. The molecule has 4 nitrogen and oxygen atoms in total. The molecule has 140 valence electrons. The third-order valence-electron chi connectivity index (χ3n) is 3.95. The standard InChI is InChI=1S/C20H10Br2Cl2N2O2/c21-12-5-11(19(27)14(22)7-12)9-25-13-2-4-18-17(8-13)26-20(28-18)10-1-3-15(23)16(24)6-10/h1-9,27H.